The van der Waals surface area contributed by atoms with Gasteiger partial charge in [0.05, 0.1) is 20.3 Å². The fraction of sp³-hybridized carbons (Fsp3) is 0.367. The zero-order chi connectivity index (χ0) is 27.3. The summed E-state index contributed by atoms with van der Waals surface area (Å²) in [6.07, 6.45) is 1.43. The number of carbonyl (C=O) groups excluding carboxylic acids is 1. The van der Waals surface area contributed by atoms with Gasteiger partial charge in [-0.15, -0.1) is 0 Å². The third-order valence-corrected chi connectivity index (χ3v) is 5.60. The van der Waals surface area contributed by atoms with Crippen LogP contribution in [0.4, 0.5) is 0 Å². The molecule has 38 heavy (non-hydrogen) atoms. The number of benzene rings is 2. The van der Waals surface area contributed by atoms with E-state index in [1.165, 1.54) is 6.33 Å². The van der Waals surface area contributed by atoms with Crippen LogP contribution in [0.3, 0.4) is 0 Å². The van der Waals surface area contributed by atoms with E-state index in [1.807, 2.05) is 89.2 Å². The second-order valence-electron chi connectivity index (χ2n) is 10.8. The Bertz CT molecular complexity index is 1370. The minimum Gasteiger partial charge on any atom is -0.497 e. The Morgan fingerprint density at radius 2 is 1.61 bits per heavy atom. The highest BCUT2D eigenvalue weighted by Gasteiger charge is 2.26. The largest absolute Gasteiger partial charge is 0.497 e. The Labute approximate surface area is 222 Å². The number of rotatable bonds is 10. The van der Waals surface area contributed by atoms with Crippen LogP contribution in [0.1, 0.15) is 34.6 Å². The summed E-state index contributed by atoms with van der Waals surface area (Å²) in [6, 6.07) is 17.6. The Hall–Kier alpha value is -3.91. The summed E-state index contributed by atoms with van der Waals surface area (Å²) >= 11 is 0. The van der Waals surface area contributed by atoms with Gasteiger partial charge in [-0.3, -0.25) is 0 Å². The van der Waals surface area contributed by atoms with Crippen molar-refractivity contribution < 1.29 is 28.2 Å². The van der Waals surface area contributed by atoms with Gasteiger partial charge < -0.3 is 23.4 Å². The van der Waals surface area contributed by atoms with E-state index in [0.717, 1.165) is 22.4 Å². The minimum atomic E-state index is -0.553. The molecule has 8 nitrogen and oxygen atoms in total. The zero-order valence-corrected chi connectivity index (χ0v) is 22.7. The molecule has 0 N–H and O–H groups in total. The summed E-state index contributed by atoms with van der Waals surface area (Å²) in [5.41, 5.74) is 2.14. The second-order valence-corrected chi connectivity index (χ2v) is 10.8. The van der Waals surface area contributed by atoms with Crippen molar-refractivity contribution in [2.45, 2.75) is 40.2 Å². The molecule has 0 unspecified atom stereocenters. The number of aromatic nitrogens is 2. The number of esters is 1. The molecule has 0 aliphatic rings. The van der Waals surface area contributed by atoms with Gasteiger partial charge in [-0.2, -0.15) is 0 Å². The standard InChI is InChI=1S/C30H34N2O6/c1-29(2,3)38-23(33)16-35-17-30(4,5)18-36-27-25-24(20-12-14-22(34-6)15-13-20)26(21-10-8-7-9-11-21)37-28(25)32-19-31-27/h7-15,19H,16-18H2,1-6H3. The van der Waals surface area contributed by atoms with Gasteiger partial charge in [0.1, 0.15) is 35.4 Å². The van der Waals surface area contributed by atoms with Crippen LogP contribution in [-0.4, -0.2) is 48.5 Å². The molecule has 0 saturated heterocycles. The maximum Gasteiger partial charge on any atom is 0.332 e. The van der Waals surface area contributed by atoms with Gasteiger partial charge in [0.25, 0.3) is 0 Å². The van der Waals surface area contributed by atoms with Gasteiger partial charge in [0.15, 0.2) is 0 Å². The van der Waals surface area contributed by atoms with E-state index < -0.39 is 17.0 Å². The fourth-order valence-electron chi connectivity index (χ4n) is 3.93. The normalized spacial score (nSPS) is 11.9. The molecule has 0 aliphatic carbocycles. The predicted octanol–water partition coefficient (Wildman–Crippen LogP) is 6.33. The first-order chi connectivity index (χ1) is 18.1. The quantitative estimate of drug-likeness (QED) is 0.225. The number of ether oxygens (including phenoxy) is 4. The maximum absolute atomic E-state index is 12.0. The summed E-state index contributed by atoms with van der Waals surface area (Å²) in [6.45, 7) is 9.93. The lowest BCUT2D eigenvalue weighted by atomic mass is 9.96. The van der Waals surface area contributed by atoms with E-state index in [0.29, 0.717) is 36.0 Å². The molecule has 0 fully saturated rings. The lowest BCUT2D eigenvalue weighted by molar-refractivity contribution is -0.161. The summed E-state index contributed by atoms with van der Waals surface area (Å²) in [7, 11) is 1.64. The molecule has 2 aromatic heterocycles. The van der Waals surface area contributed by atoms with Crippen LogP contribution in [0, 0.1) is 5.41 Å². The average Bonchev–Trinajstić information content (AvgIpc) is 3.27. The Balaban J connectivity index is 1.61. The number of furan rings is 1. The fourth-order valence-corrected chi connectivity index (χ4v) is 3.93. The molecule has 2 aromatic carbocycles. The molecule has 0 spiro atoms. The third kappa shape index (κ3) is 6.69. The van der Waals surface area contributed by atoms with E-state index in [4.69, 9.17) is 23.4 Å². The SMILES string of the molecule is COc1ccc(-c2c(-c3ccccc3)oc3ncnc(OCC(C)(C)COCC(=O)OC(C)(C)C)c23)cc1. The minimum absolute atomic E-state index is 0.123. The summed E-state index contributed by atoms with van der Waals surface area (Å²) in [5, 5.41) is 0.682. The van der Waals surface area contributed by atoms with E-state index in [2.05, 4.69) is 9.97 Å². The van der Waals surface area contributed by atoms with Crippen molar-refractivity contribution in [3.8, 4) is 34.1 Å². The predicted molar refractivity (Wildman–Crippen MR) is 145 cm³/mol. The highest BCUT2D eigenvalue weighted by molar-refractivity contribution is 6.03. The summed E-state index contributed by atoms with van der Waals surface area (Å²) in [4.78, 5) is 20.8. The highest BCUT2D eigenvalue weighted by atomic mass is 16.6. The molecule has 4 aromatic rings. The molecule has 0 atom stereocenters. The Kier molecular flexibility index (Phi) is 8.02. The molecule has 8 heteroatoms. The van der Waals surface area contributed by atoms with Crippen LogP contribution in [0.2, 0.25) is 0 Å². The van der Waals surface area contributed by atoms with Gasteiger partial charge in [0, 0.05) is 16.5 Å². The molecule has 0 radical (unpaired) electrons. The number of carbonyl (C=O) groups is 1. The number of hydrogen-bond donors (Lipinski definition) is 0. The molecule has 0 aliphatic heterocycles. The topological polar surface area (TPSA) is 92.9 Å². The zero-order valence-electron chi connectivity index (χ0n) is 22.7. The van der Waals surface area contributed by atoms with Crippen molar-refractivity contribution in [2.75, 3.05) is 26.9 Å². The monoisotopic (exact) mass is 518 g/mol. The van der Waals surface area contributed by atoms with Crippen LogP contribution in [0.25, 0.3) is 33.6 Å². The molecule has 200 valence electrons. The van der Waals surface area contributed by atoms with E-state index >= 15 is 0 Å². The molecule has 2 heterocycles. The molecular formula is C30H34N2O6. The van der Waals surface area contributed by atoms with E-state index in [9.17, 15) is 4.79 Å². The first-order valence-electron chi connectivity index (χ1n) is 12.5. The number of fused-ring (bicyclic) bond motifs is 1. The van der Waals surface area contributed by atoms with Gasteiger partial charge in [-0.1, -0.05) is 56.3 Å². The lowest BCUT2D eigenvalue weighted by Gasteiger charge is -2.25. The van der Waals surface area contributed by atoms with Gasteiger partial charge in [-0.05, 0) is 38.5 Å². The number of hydrogen-bond acceptors (Lipinski definition) is 8. The van der Waals surface area contributed by atoms with Crippen LogP contribution in [0.5, 0.6) is 11.6 Å². The van der Waals surface area contributed by atoms with Crippen molar-refractivity contribution >= 4 is 17.1 Å². The van der Waals surface area contributed by atoms with Crippen molar-refractivity contribution in [1.29, 1.82) is 0 Å². The van der Waals surface area contributed by atoms with Gasteiger partial charge in [-0.25, -0.2) is 14.8 Å². The average molecular weight is 519 g/mol. The number of methoxy groups -OCH3 is 1. The molecular weight excluding hydrogens is 484 g/mol. The summed E-state index contributed by atoms with van der Waals surface area (Å²) in [5.74, 6) is 1.44. The Morgan fingerprint density at radius 3 is 2.26 bits per heavy atom. The van der Waals surface area contributed by atoms with Crippen molar-refractivity contribution in [3.63, 3.8) is 0 Å². The molecule has 0 saturated carbocycles. The van der Waals surface area contributed by atoms with E-state index in [1.54, 1.807) is 7.11 Å². The van der Waals surface area contributed by atoms with Gasteiger partial charge >= 0.3 is 5.97 Å². The number of nitrogens with zero attached hydrogens (tertiary/aromatic N) is 2. The lowest BCUT2D eigenvalue weighted by Crippen LogP contribution is -2.31. The highest BCUT2D eigenvalue weighted by Crippen LogP contribution is 2.43. The first-order valence-corrected chi connectivity index (χ1v) is 12.5. The van der Waals surface area contributed by atoms with Crippen molar-refractivity contribution in [1.82, 2.24) is 9.97 Å². The third-order valence-electron chi connectivity index (χ3n) is 5.60. The van der Waals surface area contributed by atoms with Crippen LogP contribution in [-0.2, 0) is 14.3 Å². The molecule has 0 amide bonds. The molecule has 0 bridgehead atoms. The van der Waals surface area contributed by atoms with Gasteiger partial charge in [0.2, 0.25) is 11.6 Å². The van der Waals surface area contributed by atoms with Crippen LogP contribution < -0.4 is 9.47 Å². The van der Waals surface area contributed by atoms with Crippen LogP contribution >= 0.6 is 0 Å². The first kappa shape index (κ1) is 27.1. The van der Waals surface area contributed by atoms with Crippen molar-refractivity contribution in [2.24, 2.45) is 5.41 Å². The van der Waals surface area contributed by atoms with E-state index in [-0.39, 0.29) is 6.61 Å². The molecule has 4 rings (SSSR count). The smallest absolute Gasteiger partial charge is 0.332 e. The van der Waals surface area contributed by atoms with Crippen LogP contribution in [0.15, 0.2) is 65.3 Å². The summed E-state index contributed by atoms with van der Waals surface area (Å²) < 4.78 is 28.8. The van der Waals surface area contributed by atoms with Crippen molar-refractivity contribution in [3.05, 3.63) is 60.9 Å². The second kappa shape index (κ2) is 11.2. The maximum atomic E-state index is 12.0. The Morgan fingerprint density at radius 1 is 0.895 bits per heavy atom.